The molecule has 0 saturated carbocycles. The minimum absolute atomic E-state index is 0.184. The van der Waals surface area contributed by atoms with E-state index in [9.17, 15) is 0 Å². The number of ether oxygens (including phenoxy) is 2. The number of nitrogens with zero attached hydrogens (tertiary/aromatic N) is 1. The van der Waals surface area contributed by atoms with Crippen molar-refractivity contribution in [3.8, 4) is 39.6 Å². The van der Waals surface area contributed by atoms with Crippen molar-refractivity contribution in [3.05, 3.63) is 109 Å². The monoisotopic (exact) mass is 439 g/mol. The van der Waals surface area contributed by atoms with Gasteiger partial charge < -0.3 is 9.47 Å². The average Bonchev–Trinajstić information content (AvgIpc) is 2.88. The van der Waals surface area contributed by atoms with Gasteiger partial charge in [0, 0.05) is 23.0 Å². The Balaban J connectivity index is 1.42. The predicted molar refractivity (Wildman–Crippen MR) is 138 cm³/mol. The van der Waals surface area contributed by atoms with Crippen molar-refractivity contribution in [1.29, 1.82) is 0 Å². The zero-order valence-electron chi connectivity index (χ0n) is 18.8. The highest BCUT2D eigenvalue weighted by Gasteiger charge is 2.51. The summed E-state index contributed by atoms with van der Waals surface area (Å²) in [5, 5.41) is 0. The van der Waals surface area contributed by atoms with Crippen molar-refractivity contribution in [2.75, 3.05) is 0 Å². The van der Waals surface area contributed by atoms with Gasteiger partial charge in [-0.15, -0.1) is 0 Å². The molecule has 0 saturated heterocycles. The summed E-state index contributed by atoms with van der Waals surface area (Å²) in [6, 6.07) is 27.2. The number of fused-ring (bicyclic) bond motifs is 4. The Labute approximate surface area is 199 Å². The van der Waals surface area contributed by atoms with Crippen LogP contribution in [0.4, 0.5) is 0 Å². The molecule has 162 valence electrons. The SMILES string of the molecule is CC12C=CC=CC1B1c3ccccc3Oc3cc(-c4cccc(-c5ccccn5)c4)cc(c31)O2. The zero-order valence-corrected chi connectivity index (χ0v) is 18.8. The van der Waals surface area contributed by atoms with Gasteiger partial charge in [0.15, 0.2) is 0 Å². The highest BCUT2D eigenvalue weighted by Crippen LogP contribution is 2.46. The maximum absolute atomic E-state index is 6.73. The minimum Gasteiger partial charge on any atom is -0.484 e. The molecule has 3 aromatic carbocycles. The van der Waals surface area contributed by atoms with Crippen molar-refractivity contribution in [1.82, 2.24) is 4.98 Å². The number of hydrogen-bond donors (Lipinski definition) is 0. The quantitative estimate of drug-likeness (QED) is 0.371. The van der Waals surface area contributed by atoms with Crippen LogP contribution in [0.25, 0.3) is 22.4 Å². The highest BCUT2D eigenvalue weighted by atomic mass is 16.5. The molecule has 4 heteroatoms. The van der Waals surface area contributed by atoms with Crippen molar-refractivity contribution in [3.63, 3.8) is 0 Å². The lowest BCUT2D eigenvalue weighted by molar-refractivity contribution is 0.138. The molecule has 4 aromatic rings. The summed E-state index contributed by atoms with van der Waals surface area (Å²) in [7, 11) is 0. The standard InChI is InChI=1S/C30H22BNO2/c1-30-15-6-4-14-28(30)31-23-11-2-3-13-25(23)33-26-18-22(19-27(34-30)29(26)31)20-9-8-10-21(17-20)24-12-5-7-16-32-24/h2-19,28H,1H3. The van der Waals surface area contributed by atoms with Crippen LogP contribution in [0.2, 0.25) is 5.82 Å². The van der Waals surface area contributed by atoms with E-state index in [0.717, 1.165) is 45.1 Å². The van der Waals surface area contributed by atoms with Gasteiger partial charge in [-0.05, 0) is 66.0 Å². The predicted octanol–water partition coefficient (Wildman–Crippen LogP) is 5.78. The van der Waals surface area contributed by atoms with E-state index in [1.165, 1.54) is 5.46 Å². The van der Waals surface area contributed by atoms with Crippen LogP contribution in [0.15, 0.2) is 109 Å². The second kappa shape index (κ2) is 7.23. The molecule has 0 bridgehead atoms. The molecule has 0 spiro atoms. The van der Waals surface area contributed by atoms with Crippen molar-refractivity contribution < 1.29 is 9.47 Å². The van der Waals surface area contributed by atoms with Crippen LogP contribution < -0.4 is 20.4 Å². The molecule has 3 aliphatic rings. The summed E-state index contributed by atoms with van der Waals surface area (Å²) >= 11 is 0. The maximum Gasteiger partial charge on any atom is 0.235 e. The van der Waals surface area contributed by atoms with E-state index in [0.29, 0.717) is 0 Å². The third-order valence-electron chi connectivity index (χ3n) is 7.25. The van der Waals surface area contributed by atoms with Crippen LogP contribution in [0.1, 0.15) is 6.92 Å². The number of para-hydroxylation sites is 1. The van der Waals surface area contributed by atoms with Gasteiger partial charge in [0.05, 0.1) is 5.69 Å². The summed E-state index contributed by atoms with van der Waals surface area (Å²) in [6.07, 6.45) is 10.5. The Kier molecular flexibility index (Phi) is 4.13. The molecule has 1 aliphatic carbocycles. The number of allylic oxidation sites excluding steroid dienone is 2. The van der Waals surface area contributed by atoms with Gasteiger partial charge in [-0.1, -0.05) is 60.7 Å². The van der Waals surface area contributed by atoms with Crippen LogP contribution in [-0.2, 0) is 0 Å². The molecule has 7 rings (SSSR count). The molecule has 0 fully saturated rings. The van der Waals surface area contributed by atoms with Gasteiger partial charge in [-0.25, -0.2) is 0 Å². The van der Waals surface area contributed by atoms with Crippen LogP contribution in [0.3, 0.4) is 0 Å². The van der Waals surface area contributed by atoms with Gasteiger partial charge >= 0.3 is 0 Å². The van der Waals surface area contributed by atoms with E-state index in [2.05, 4.69) is 90.8 Å². The third kappa shape index (κ3) is 2.88. The number of pyridine rings is 1. The Morgan fingerprint density at radius 2 is 1.65 bits per heavy atom. The number of aromatic nitrogens is 1. The van der Waals surface area contributed by atoms with Gasteiger partial charge in [0.1, 0.15) is 22.8 Å². The van der Waals surface area contributed by atoms with Gasteiger partial charge in [-0.3, -0.25) is 4.98 Å². The Morgan fingerprint density at radius 3 is 2.56 bits per heavy atom. The largest absolute Gasteiger partial charge is 0.484 e. The van der Waals surface area contributed by atoms with Crippen LogP contribution in [-0.4, -0.2) is 17.3 Å². The van der Waals surface area contributed by atoms with E-state index < -0.39 is 5.60 Å². The molecule has 1 aromatic heterocycles. The maximum atomic E-state index is 6.73. The Bertz CT molecular complexity index is 1490. The van der Waals surface area contributed by atoms with Crippen molar-refractivity contribution >= 4 is 17.6 Å². The second-order valence-corrected chi connectivity index (χ2v) is 9.36. The first kappa shape index (κ1) is 19.4. The lowest BCUT2D eigenvalue weighted by atomic mass is 9.29. The first-order valence-corrected chi connectivity index (χ1v) is 11.7. The average molecular weight is 439 g/mol. The fourth-order valence-corrected chi connectivity index (χ4v) is 5.63. The molecule has 2 unspecified atom stereocenters. The fraction of sp³-hybridized carbons (Fsp3) is 0.100. The smallest absolute Gasteiger partial charge is 0.235 e. The highest BCUT2D eigenvalue weighted by molar-refractivity contribution is 6.89. The molecule has 0 radical (unpaired) electrons. The minimum atomic E-state index is -0.414. The lowest BCUT2D eigenvalue weighted by Gasteiger charge is -2.46. The van der Waals surface area contributed by atoms with Crippen molar-refractivity contribution in [2.24, 2.45) is 0 Å². The van der Waals surface area contributed by atoms with E-state index in [1.807, 2.05) is 30.5 Å². The molecule has 2 aliphatic heterocycles. The second-order valence-electron chi connectivity index (χ2n) is 9.36. The van der Waals surface area contributed by atoms with Crippen LogP contribution in [0.5, 0.6) is 17.2 Å². The molecule has 0 N–H and O–H groups in total. The number of benzene rings is 3. The number of hydrogen-bond acceptors (Lipinski definition) is 3. The molecule has 3 heterocycles. The van der Waals surface area contributed by atoms with Gasteiger partial charge in [-0.2, -0.15) is 0 Å². The summed E-state index contributed by atoms with van der Waals surface area (Å²) in [5.74, 6) is 2.91. The van der Waals surface area contributed by atoms with E-state index in [1.54, 1.807) is 0 Å². The van der Waals surface area contributed by atoms with Crippen LogP contribution >= 0.6 is 0 Å². The molecule has 34 heavy (non-hydrogen) atoms. The third-order valence-corrected chi connectivity index (χ3v) is 7.25. The summed E-state index contributed by atoms with van der Waals surface area (Å²) in [6.45, 7) is 2.37. The van der Waals surface area contributed by atoms with E-state index in [-0.39, 0.29) is 12.5 Å². The number of rotatable bonds is 2. The van der Waals surface area contributed by atoms with E-state index in [4.69, 9.17) is 9.47 Å². The topological polar surface area (TPSA) is 31.4 Å². The van der Waals surface area contributed by atoms with E-state index >= 15 is 0 Å². The summed E-state index contributed by atoms with van der Waals surface area (Å²) in [4.78, 5) is 4.52. The van der Waals surface area contributed by atoms with Crippen molar-refractivity contribution in [2.45, 2.75) is 18.3 Å². The Hall–Kier alpha value is -4.05. The normalized spacial score (nSPS) is 21.1. The summed E-state index contributed by atoms with van der Waals surface area (Å²) in [5.41, 5.74) is 6.17. The van der Waals surface area contributed by atoms with Crippen LogP contribution in [0, 0.1) is 0 Å². The molecular formula is C30H22BNO2. The van der Waals surface area contributed by atoms with Gasteiger partial charge in [0.25, 0.3) is 0 Å². The molecular weight excluding hydrogens is 417 g/mol. The lowest BCUT2D eigenvalue weighted by Crippen LogP contribution is -2.60. The summed E-state index contributed by atoms with van der Waals surface area (Å²) < 4.78 is 13.2. The zero-order chi connectivity index (χ0) is 22.7. The fourth-order valence-electron chi connectivity index (χ4n) is 5.63. The molecule has 2 atom stereocenters. The van der Waals surface area contributed by atoms with Gasteiger partial charge in [0.2, 0.25) is 6.71 Å². The Morgan fingerprint density at radius 1 is 0.794 bits per heavy atom. The molecule has 0 amide bonds. The first-order chi connectivity index (χ1) is 16.7. The first-order valence-electron chi connectivity index (χ1n) is 11.7. The molecule has 3 nitrogen and oxygen atoms in total.